The molecule has 1 aromatic heterocycles. The van der Waals surface area contributed by atoms with Crippen LogP contribution in [0.1, 0.15) is 37.3 Å². The molecule has 0 saturated carbocycles. The van der Waals surface area contributed by atoms with Gasteiger partial charge in [0.25, 0.3) is 5.91 Å². The lowest BCUT2D eigenvalue weighted by Gasteiger charge is -2.10. The van der Waals surface area contributed by atoms with E-state index in [0.29, 0.717) is 16.8 Å². The van der Waals surface area contributed by atoms with E-state index in [0.717, 1.165) is 16.6 Å². The molecule has 130 valence electrons. The lowest BCUT2D eigenvalue weighted by Crippen LogP contribution is -2.20. The quantitative estimate of drug-likeness (QED) is 0.667. The van der Waals surface area contributed by atoms with Gasteiger partial charge in [0.05, 0.1) is 10.2 Å². The van der Waals surface area contributed by atoms with Crippen molar-refractivity contribution in [3.63, 3.8) is 0 Å². The third-order valence-electron chi connectivity index (χ3n) is 4.22. The highest BCUT2D eigenvalue weighted by Gasteiger charge is 2.09. The molecule has 0 aliphatic rings. The first-order chi connectivity index (χ1) is 12.0. The Morgan fingerprint density at radius 2 is 2.00 bits per heavy atom. The summed E-state index contributed by atoms with van der Waals surface area (Å²) >= 11 is 1.47. The summed E-state index contributed by atoms with van der Waals surface area (Å²) in [5.41, 5.74) is 3.36. The predicted octanol–water partition coefficient (Wildman–Crippen LogP) is 5.14. The molecule has 1 heterocycles. The Bertz CT molecular complexity index is 871. The summed E-state index contributed by atoms with van der Waals surface area (Å²) in [6.45, 7) is 6.38. The zero-order valence-electron chi connectivity index (χ0n) is 14.7. The van der Waals surface area contributed by atoms with Crippen molar-refractivity contribution in [2.75, 3.05) is 11.9 Å². The van der Waals surface area contributed by atoms with Crippen molar-refractivity contribution in [2.24, 2.45) is 0 Å². The van der Waals surface area contributed by atoms with E-state index < -0.39 is 0 Å². The molecule has 0 radical (unpaired) electrons. The topological polar surface area (TPSA) is 51.2 Å². The van der Waals surface area contributed by atoms with E-state index >= 15 is 0 Å². The van der Waals surface area contributed by atoms with Crippen molar-refractivity contribution in [1.29, 1.82) is 0 Å². The summed E-state index contributed by atoms with van der Waals surface area (Å²) < 4.78 is 6.63. The molecule has 5 heteroatoms. The molecule has 0 aliphatic carbocycles. The number of fused-ring (bicyclic) bond motifs is 1. The monoisotopic (exact) mass is 354 g/mol. The van der Waals surface area contributed by atoms with Gasteiger partial charge in [0.2, 0.25) is 0 Å². The Morgan fingerprint density at radius 1 is 1.24 bits per heavy atom. The third-order valence-corrected chi connectivity index (χ3v) is 5.16. The smallest absolute Gasteiger partial charge is 0.264 e. The zero-order valence-corrected chi connectivity index (χ0v) is 15.5. The molecule has 0 saturated heterocycles. The maximum atomic E-state index is 12.1. The Morgan fingerprint density at radius 3 is 2.72 bits per heavy atom. The van der Waals surface area contributed by atoms with Crippen LogP contribution in [0.5, 0.6) is 5.75 Å². The van der Waals surface area contributed by atoms with Gasteiger partial charge in [-0.25, -0.2) is 4.98 Å². The van der Waals surface area contributed by atoms with E-state index in [1.54, 1.807) is 0 Å². The SMILES string of the molecule is CCC(C)c1ccc(OCC(=O)Nc2nc3ccc(C)cc3s2)cc1. The average molecular weight is 354 g/mol. The van der Waals surface area contributed by atoms with E-state index in [9.17, 15) is 4.79 Å². The molecule has 3 rings (SSSR count). The van der Waals surface area contributed by atoms with Crippen LogP contribution in [0, 0.1) is 6.92 Å². The number of hydrogen-bond donors (Lipinski definition) is 1. The molecule has 0 spiro atoms. The fourth-order valence-corrected chi connectivity index (χ4v) is 3.50. The minimum absolute atomic E-state index is 0.0301. The first-order valence-corrected chi connectivity index (χ1v) is 9.26. The van der Waals surface area contributed by atoms with Crippen molar-refractivity contribution >= 4 is 32.6 Å². The molecule has 1 unspecified atom stereocenters. The maximum Gasteiger partial charge on any atom is 0.264 e. The number of ether oxygens (including phenoxy) is 1. The number of hydrogen-bond acceptors (Lipinski definition) is 4. The summed E-state index contributed by atoms with van der Waals surface area (Å²) in [7, 11) is 0. The number of carbonyl (C=O) groups excluding carboxylic acids is 1. The van der Waals surface area contributed by atoms with Gasteiger partial charge in [-0.1, -0.05) is 43.4 Å². The number of nitrogens with zero attached hydrogens (tertiary/aromatic N) is 1. The van der Waals surface area contributed by atoms with Crippen LogP contribution in [0.25, 0.3) is 10.2 Å². The van der Waals surface area contributed by atoms with Crippen molar-refractivity contribution < 1.29 is 9.53 Å². The Hall–Kier alpha value is -2.40. The van der Waals surface area contributed by atoms with Crippen LogP contribution in [-0.4, -0.2) is 17.5 Å². The summed E-state index contributed by atoms with van der Waals surface area (Å²) in [6, 6.07) is 14.0. The second kappa shape index (κ2) is 7.66. The molecule has 2 aromatic carbocycles. The molecule has 0 bridgehead atoms. The second-order valence-corrected chi connectivity index (χ2v) is 7.24. The summed E-state index contributed by atoms with van der Waals surface area (Å²) in [6.07, 6.45) is 1.10. The molecule has 0 aliphatic heterocycles. The first kappa shape index (κ1) is 17.4. The average Bonchev–Trinajstić information content (AvgIpc) is 3.01. The van der Waals surface area contributed by atoms with Gasteiger partial charge < -0.3 is 4.74 Å². The normalized spacial score (nSPS) is 12.1. The third kappa shape index (κ3) is 4.37. The van der Waals surface area contributed by atoms with Gasteiger partial charge in [-0.15, -0.1) is 0 Å². The fraction of sp³-hybridized carbons (Fsp3) is 0.300. The number of rotatable bonds is 6. The van der Waals surface area contributed by atoms with Gasteiger partial charge in [-0.05, 0) is 54.7 Å². The van der Waals surface area contributed by atoms with Gasteiger partial charge in [-0.2, -0.15) is 0 Å². The highest BCUT2D eigenvalue weighted by molar-refractivity contribution is 7.22. The summed E-state index contributed by atoms with van der Waals surface area (Å²) in [5.74, 6) is 1.02. The van der Waals surface area contributed by atoms with E-state index in [2.05, 4.69) is 42.3 Å². The van der Waals surface area contributed by atoms with Gasteiger partial charge in [0.1, 0.15) is 5.75 Å². The van der Waals surface area contributed by atoms with Gasteiger partial charge in [0, 0.05) is 0 Å². The fourth-order valence-electron chi connectivity index (χ4n) is 2.52. The van der Waals surface area contributed by atoms with E-state index in [4.69, 9.17) is 4.74 Å². The summed E-state index contributed by atoms with van der Waals surface area (Å²) in [5, 5.41) is 3.40. The minimum Gasteiger partial charge on any atom is -0.484 e. The molecule has 4 nitrogen and oxygen atoms in total. The molecular weight excluding hydrogens is 332 g/mol. The Kier molecular flexibility index (Phi) is 5.34. The molecule has 1 N–H and O–H groups in total. The standard InChI is InChI=1S/C20H22N2O2S/c1-4-14(3)15-6-8-16(9-7-15)24-12-19(23)22-20-21-17-10-5-13(2)11-18(17)25-20/h5-11,14H,4,12H2,1-3H3,(H,21,22,23). The highest BCUT2D eigenvalue weighted by atomic mass is 32.1. The Labute approximate surface area is 151 Å². The van der Waals surface area contributed by atoms with Crippen LogP contribution < -0.4 is 10.1 Å². The van der Waals surface area contributed by atoms with Crippen LogP contribution in [0.3, 0.4) is 0 Å². The van der Waals surface area contributed by atoms with Crippen LogP contribution in [0.4, 0.5) is 5.13 Å². The van der Waals surface area contributed by atoms with Gasteiger partial charge >= 0.3 is 0 Å². The van der Waals surface area contributed by atoms with E-state index in [1.807, 2.05) is 31.2 Å². The lowest BCUT2D eigenvalue weighted by molar-refractivity contribution is -0.118. The second-order valence-electron chi connectivity index (χ2n) is 6.21. The number of aryl methyl sites for hydroxylation is 1. The van der Waals surface area contributed by atoms with Crippen molar-refractivity contribution in [3.05, 3.63) is 53.6 Å². The van der Waals surface area contributed by atoms with Crippen molar-refractivity contribution in [3.8, 4) is 5.75 Å². The van der Waals surface area contributed by atoms with Gasteiger partial charge in [0.15, 0.2) is 11.7 Å². The van der Waals surface area contributed by atoms with Crippen molar-refractivity contribution in [2.45, 2.75) is 33.1 Å². The number of aromatic nitrogens is 1. The number of carbonyl (C=O) groups is 1. The Balaban J connectivity index is 1.56. The van der Waals surface area contributed by atoms with Crippen LogP contribution in [0.2, 0.25) is 0 Å². The molecule has 25 heavy (non-hydrogen) atoms. The highest BCUT2D eigenvalue weighted by Crippen LogP contribution is 2.26. The number of thiazole rings is 1. The number of amides is 1. The number of anilines is 1. The van der Waals surface area contributed by atoms with E-state index in [-0.39, 0.29) is 12.5 Å². The molecule has 0 fully saturated rings. The maximum absolute atomic E-state index is 12.1. The molecular formula is C20H22N2O2S. The molecule has 1 amide bonds. The minimum atomic E-state index is -0.207. The van der Waals surface area contributed by atoms with Crippen LogP contribution >= 0.6 is 11.3 Å². The van der Waals surface area contributed by atoms with Crippen molar-refractivity contribution in [1.82, 2.24) is 4.98 Å². The van der Waals surface area contributed by atoms with E-state index in [1.165, 1.54) is 22.5 Å². The van der Waals surface area contributed by atoms with Gasteiger partial charge in [-0.3, -0.25) is 10.1 Å². The number of benzene rings is 2. The first-order valence-electron chi connectivity index (χ1n) is 8.45. The zero-order chi connectivity index (χ0) is 17.8. The molecule has 3 aromatic rings. The predicted molar refractivity (Wildman–Crippen MR) is 104 cm³/mol. The van der Waals surface area contributed by atoms with Crippen LogP contribution in [-0.2, 0) is 4.79 Å². The summed E-state index contributed by atoms with van der Waals surface area (Å²) in [4.78, 5) is 16.5. The van der Waals surface area contributed by atoms with Crippen LogP contribution in [0.15, 0.2) is 42.5 Å². The number of nitrogens with one attached hydrogen (secondary N) is 1. The lowest BCUT2D eigenvalue weighted by atomic mass is 9.99. The molecule has 1 atom stereocenters. The largest absolute Gasteiger partial charge is 0.484 e.